The summed E-state index contributed by atoms with van der Waals surface area (Å²) in [5, 5.41) is 12.7. The lowest BCUT2D eigenvalue weighted by Crippen LogP contribution is -2.43. The highest BCUT2D eigenvalue weighted by molar-refractivity contribution is 5.45. The largest absolute Gasteiger partial charge is 0.495 e. The first-order valence-electron chi connectivity index (χ1n) is 6.99. The maximum atomic E-state index is 9.09. The van der Waals surface area contributed by atoms with Gasteiger partial charge in [-0.2, -0.15) is 5.26 Å². The lowest BCUT2D eigenvalue weighted by Gasteiger charge is -2.34. The molecule has 102 valence electrons. The quantitative estimate of drug-likeness (QED) is 0.900. The monoisotopic (exact) mass is 258 g/mol. The number of methoxy groups -OCH3 is 1. The van der Waals surface area contributed by atoms with E-state index in [-0.39, 0.29) is 5.54 Å². The van der Waals surface area contributed by atoms with Crippen LogP contribution >= 0.6 is 0 Å². The first-order chi connectivity index (χ1) is 9.17. The van der Waals surface area contributed by atoms with Gasteiger partial charge >= 0.3 is 0 Å². The third kappa shape index (κ3) is 3.48. The Morgan fingerprint density at radius 2 is 2.05 bits per heavy atom. The zero-order chi connectivity index (χ0) is 13.7. The molecule has 0 radical (unpaired) electrons. The SMILES string of the molecule is COc1ccc(CNC2(C)CCCCC2)cc1C#N. The molecule has 1 fully saturated rings. The summed E-state index contributed by atoms with van der Waals surface area (Å²) in [4.78, 5) is 0. The molecule has 3 nitrogen and oxygen atoms in total. The van der Waals surface area contributed by atoms with Crippen molar-refractivity contribution in [1.82, 2.24) is 5.32 Å². The number of benzene rings is 1. The molecule has 0 atom stereocenters. The summed E-state index contributed by atoms with van der Waals surface area (Å²) in [5.74, 6) is 0.648. The second kappa shape index (κ2) is 6.08. The third-order valence-corrected chi connectivity index (χ3v) is 4.06. The predicted molar refractivity (Wildman–Crippen MR) is 76.0 cm³/mol. The van der Waals surface area contributed by atoms with Gasteiger partial charge in [-0.15, -0.1) is 0 Å². The molecule has 0 amide bonds. The molecule has 0 aromatic heterocycles. The molecule has 19 heavy (non-hydrogen) atoms. The maximum Gasteiger partial charge on any atom is 0.136 e. The van der Waals surface area contributed by atoms with Crippen molar-refractivity contribution in [3.63, 3.8) is 0 Å². The average Bonchev–Trinajstić information content (AvgIpc) is 2.45. The van der Waals surface area contributed by atoms with E-state index in [0.717, 1.165) is 12.1 Å². The number of rotatable bonds is 4. The van der Waals surface area contributed by atoms with Crippen molar-refractivity contribution in [1.29, 1.82) is 5.26 Å². The number of nitrogens with one attached hydrogen (secondary N) is 1. The number of ether oxygens (including phenoxy) is 1. The van der Waals surface area contributed by atoms with E-state index in [4.69, 9.17) is 10.00 Å². The van der Waals surface area contributed by atoms with Gasteiger partial charge in [0.2, 0.25) is 0 Å². The van der Waals surface area contributed by atoms with E-state index in [1.54, 1.807) is 7.11 Å². The maximum absolute atomic E-state index is 9.09. The summed E-state index contributed by atoms with van der Waals surface area (Å²) in [6.45, 7) is 3.12. The van der Waals surface area contributed by atoms with Crippen LogP contribution in [-0.4, -0.2) is 12.6 Å². The molecule has 0 saturated heterocycles. The Balaban J connectivity index is 2.01. The third-order valence-electron chi connectivity index (χ3n) is 4.06. The Bertz CT molecular complexity index is 470. The lowest BCUT2D eigenvalue weighted by atomic mass is 9.83. The standard InChI is InChI=1S/C16H22N2O/c1-16(8-4-3-5-9-16)18-12-13-6-7-15(19-2)14(10-13)11-17/h6-7,10,18H,3-5,8-9,12H2,1-2H3. The molecule has 1 aliphatic rings. The van der Waals surface area contributed by atoms with Gasteiger partial charge in [0.05, 0.1) is 12.7 Å². The summed E-state index contributed by atoms with van der Waals surface area (Å²) in [6.07, 6.45) is 6.48. The summed E-state index contributed by atoms with van der Waals surface area (Å²) in [5.41, 5.74) is 2.00. The van der Waals surface area contributed by atoms with Crippen molar-refractivity contribution in [2.24, 2.45) is 0 Å². The van der Waals surface area contributed by atoms with Gasteiger partial charge in [-0.1, -0.05) is 25.3 Å². The Morgan fingerprint density at radius 1 is 1.32 bits per heavy atom. The molecule has 0 unspecified atom stereocenters. The number of hydrogen-bond acceptors (Lipinski definition) is 3. The number of hydrogen-bond donors (Lipinski definition) is 1. The van der Waals surface area contributed by atoms with Crippen molar-refractivity contribution in [2.75, 3.05) is 7.11 Å². The molecule has 1 N–H and O–H groups in total. The van der Waals surface area contributed by atoms with E-state index in [0.29, 0.717) is 11.3 Å². The van der Waals surface area contributed by atoms with Gasteiger partial charge < -0.3 is 10.1 Å². The Morgan fingerprint density at radius 3 is 2.68 bits per heavy atom. The zero-order valence-corrected chi connectivity index (χ0v) is 11.8. The zero-order valence-electron chi connectivity index (χ0n) is 11.8. The van der Waals surface area contributed by atoms with Crippen LogP contribution in [-0.2, 0) is 6.54 Å². The van der Waals surface area contributed by atoms with Gasteiger partial charge in [0.25, 0.3) is 0 Å². The van der Waals surface area contributed by atoms with Crippen LogP contribution < -0.4 is 10.1 Å². The molecule has 0 heterocycles. The molecule has 1 saturated carbocycles. The Kier molecular flexibility index (Phi) is 4.44. The molecule has 3 heteroatoms. The van der Waals surface area contributed by atoms with E-state index >= 15 is 0 Å². The predicted octanol–water partition coefficient (Wildman–Crippen LogP) is 3.38. The molecular weight excluding hydrogens is 236 g/mol. The van der Waals surface area contributed by atoms with Gasteiger partial charge in [0.1, 0.15) is 11.8 Å². The van der Waals surface area contributed by atoms with Crippen LogP contribution in [0.1, 0.15) is 50.2 Å². The van der Waals surface area contributed by atoms with E-state index in [1.165, 1.54) is 32.1 Å². The minimum Gasteiger partial charge on any atom is -0.495 e. The Hall–Kier alpha value is -1.53. The summed E-state index contributed by atoms with van der Waals surface area (Å²) < 4.78 is 5.16. The summed E-state index contributed by atoms with van der Waals surface area (Å²) in [6, 6.07) is 8.00. The second-order valence-electron chi connectivity index (χ2n) is 5.62. The first-order valence-corrected chi connectivity index (χ1v) is 6.99. The smallest absolute Gasteiger partial charge is 0.136 e. The minimum absolute atomic E-state index is 0.255. The van der Waals surface area contributed by atoms with Crippen LogP contribution in [0.25, 0.3) is 0 Å². The van der Waals surface area contributed by atoms with Crippen LogP contribution in [0.15, 0.2) is 18.2 Å². The van der Waals surface area contributed by atoms with Crippen molar-refractivity contribution >= 4 is 0 Å². The highest BCUT2D eigenvalue weighted by Crippen LogP contribution is 2.28. The van der Waals surface area contributed by atoms with Gasteiger partial charge in [-0.25, -0.2) is 0 Å². The summed E-state index contributed by atoms with van der Waals surface area (Å²) >= 11 is 0. The van der Waals surface area contributed by atoms with Crippen molar-refractivity contribution in [2.45, 2.75) is 51.1 Å². The molecular formula is C16H22N2O. The number of nitrogens with zero attached hydrogens (tertiary/aromatic N) is 1. The molecule has 1 aromatic carbocycles. The average molecular weight is 258 g/mol. The van der Waals surface area contributed by atoms with Gasteiger partial charge in [0, 0.05) is 12.1 Å². The molecule has 0 bridgehead atoms. The second-order valence-corrected chi connectivity index (χ2v) is 5.62. The van der Waals surface area contributed by atoms with Crippen molar-refractivity contribution in [3.8, 4) is 11.8 Å². The van der Waals surface area contributed by atoms with Crippen molar-refractivity contribution in [3.05, 3.63) is 29.3 Å². The molecule has 0 spiro atoms. The van der Waals surface area contributed by atoms with Gasteiger partial charge in [0.15, 0.2) is 0 Å². The normalized spacial score (nSPS) is 17.7. The molecule has 0 aliphatic heterocycles. The van der Waals surface area contributed by atoms with Gasteiger partial charge in [-0.05, 0) is 37.5 Å². The van der Waals surface area contributed by atoms with Crippen LogP contribution in [0.2, 0.25) is 0 Å². The van der Waals surface area contributed by atoms with Gasteiger partial charge in [-0.3, -0.25) is 0 Å². The minimum atomic E-state index is 0.255. The first kappa shape index (κ1) is 13.9. The van der Waals surface area contributed by atoms with Crippen LogP contribution in [0.4, 0.5) is 0 Å². The van der Waals surface area contributed by atoms with Crippen molar-refractivity contribution < 1.29 is 4.74 Å². The molecule has 1 aliphatic carbocycles. The van der Waals surface area contributed by atoms with E-state index < -0.39 is 0 Å². The topological polar surface area (TPSA) is 45.0 Å². The number of nitriles is 1. The van der Waals surface area contributed by atoms with E-state index in [2.05, 4.69) is 18.3 Å². The molecule has 2 rings (SSSR count). The van der Waals surface area contributed by atoms with Crippen LogP contribution in [0.3, 0.4) is 0 Å². The highest BCUT2D eigenvalue weighted by Gasteiger charge is 2.25. The van der Waals surface area contributed by atoms with E-state index in [9.17, 15) is 0 Å². The fraction of sp³-hybridized carbons (Fsp3) is 0.562. The highest BCUT2D eigenvalue weighted by atomic mass is 16.5. The summed E-state index contributed by atoms with van der Waals surface area (Å²) in [7, 11) is 1.59. The van der Waals surface area contributed by atoms with Crippen LogP contribution in [0.5, 0.6) is 5.75 Å². The van der Waals surface area contributed by atoms with Crippen LogP contribution in [0, 0.1) is 11.3 Å². The Labute approximate surface area is 115 Å². The lowest BCUT2D eigenvalue weighted by molar-refractivity contribution is 0.252. The fourth-order valence-corrected chi connectivity index (χ4v) is 2.78. The fourth-order valence-electron chi connectivity index (χ4n) is 2.78. The van der Waals surface area contributed by atoms with E-state index in [1.807, 2.05) is 18.2 Å². The molecule has 1 aromatic rings.